The molecule has 3 rings (SSSR count). The Morgan fingerprint density at radius 1 is 1.40 bits per heavy atom. The van der Waals surface area contributed by atoms with Crippen molar-refractivity contribution in [3.8, 4) is 11.4 Å². The highest BCUT2D eigenvalue weighted by molar-refractivity contribution is 6.33. The van der Waals surface area contributed by atoms with Crippen LogP contribution in [0.15, 0.2) is 18.2 Å². The molecule has 7 nitrogen and oxygen atoms in total. The molecule has 1 aromatic heterocycles. The second-order valence-electron chi connectivity index (χ2n) is 4.49. The van der Waals surface area contributed by atoms with Gasteiger partial charge in [0.25, 0.3) is 0 Å². The molecule has 2 aromatic rings. The number of rotatable bonds is 3. The summed E-state index contributed by atoms with van der Waals surface area (Å²) in [7, 11) is 0. The number of halogens is 1. The molecule has 8 heteroatoms. The number of ether oxygens (including phenoxy) is 2. The van der Waals surface area contributed by atoms with Crippen molar-refractivity contribution in [1.29, 1.82) is 0 Å². The lowest BCUT2D eigenvalue weighted by molar-refractivity contribution is -0.0946. The molecule has 0 bridgehead atoms. The Balaban J connectivity index is 1.87. The molecule has 1 aromatic carbocycles. The van der Waals surface area contributed by atoms with Gasteiger partial charge >= 0.3 is 0 Å². The van der Waals surface area contributed by atoms with Crippen molar-refractivity contribution in [2.75, 3.05) is 25.6 Å². The summed E-state index contributed by atoms with van der Waals surface area (Å²) in [4.78, 5) is 0. The number of hydrogen-bond donors (Lipinski definition) is 1. The van der Waals surface area contributed by atoms with Crippen LogP contribution < -0.4 is 5.73 Å². The van der Waals surface area contributed by atoms with Gasteiger partial charge in [0.2, 0.25) is 0 Å². The van der Waals surface area contributed by atoms with Crippen molar-refractivity contribution in [2.24, 2.45) is 0 Å². The number of nitrogen functional groups attached to an aromatic ring is 1. The Hall–Kier alpha value is -1.70. The van der Waals surface area contributed by atoms with Crippen molar-refractivity contribution in [3.05, 3.63) is 23.2 Å². The van der Waals surface area contributed by atoms with Crippen molar-refractivity contribution in [1.82, 2.24) is 20.2 Å². The lowest BCUT2D eigenvalue weighted by Gasteiger charge is -2.22. The Morgan fingerprint density at radius 3 is 3.10 bits per heavy atom. The number of hydrogen-bond acceptors (Lipinski definition) is 6. The SMILES string of the molecule is Nc1ccc(Cl)c(-c2nnnn2CC2COCCO2)c1. The van der Waals surface area contributed by atoms with Gasteiger partial charge in [0.05, 0.1) is 31.4 Å². The van der Waals surface area contributed by atoms with Crippen LogP contribution in [-0.4, -0.2) is 46.1 Å². The Bertz CT molecular complexity index is 597. The van der Waals surface area contributed by atoms with Gasteiger partial charge in [0, 0.05) is 11.3 Å². The van der Waals surface area contributed by atoms with Gasteiger partial charge in [-0.05, 0) is 28.6 Å². The van der Waals surface area contributed by atoms with Crippen LogP contribution in [0.25, 0.3) is 11.4 Å². The van der Waals surface area contributed by atoms with E-state index in [9.17, 15) is 0 Å². The zero-order valence-electron chi connectivity index (χ0n) is 10.7. The lowest BCUT2D eigenvalue weighted by Crippen LogP contribution is -2.32. The van der Waals surface area contributed by atoms with E-state index in [1.165, 1.54) is 0 Å². The van der Waals surface area contributed by atoms with E-state index in [2.05, 4.69) is 15.5 Å². The maximum atomic E-state index is 6.18. The number of benzene rings is 1. The number of aromatic nitrogens is 4. The summed E-state index contributed by atoms with van der Waals surface area (Å²) >= 11 is 6.18. The average Bonchev–Trinajstić information content (AvgIpc) is 2.91. The summed E-state index contributed by atoms with van der Waals surface area (Å²) in [6.07, 6.45) is -0.0640. The van der Waals surface area contributed by atoms with Gasteiger partial charge in [-0.2, -0.15) is 0 Å². The molecule has 0 saturated carbocycles. The van der Waals surface area contributed by atoms with Crippen molar-refractivity contribution in [2.45, 2.75) is 12.6 Å². The van der Waals surface area contributed by atoms with E-state index in [0.29, 0.717) is 48.5 Å². The van der Waals surface area contributed by atoms with E-state index in [0.717, 1.165) is 0 Å². The van der Waals surface area contributed by atoms with Crippen molar-refractivity contribution >= 4 is 17.3 Å². The van der Waals surface area contributed by atoms with Gasteiger partial charge < -0.3 is 15.2 Å². The molecular formula is C12H14ClN5O2. The van der Waals surface area contributed by atoms with Crippen LogP contribution in [0.1, 0.15) is 0 Å². The third-order valence-electron chi connectivity index (χ3n) is 3.02. The smallest absolute Gasteiger partial charge is 0.183 e. The number of tetrazole rings is 1. The predicted molar refractivity (Wildman–Crippen MR) is 73.2 cm³/mol. The zero-order chi connectivity index (χ0) is 13.9. The molecule has 1 fully saturated rings. The summed E-state index contributed by atoms with van der Waals surface area (Å²) < 4.78 is 12.6. The van der Waals surface area contributed by atoms with E-state index in [4.69, 9.17) is 26.8 Å². The predicted octanol–water partition coefficient (Wildman–Crippen LogP) is 0.991. The Kier molecular flexibility index (Phi) is 3.81. The molecule has 2 heterocycles. The quantitative estimate of drug-likeness (QED) is 0.850. The molecule has 2 N–H and O–H groups in total. The average molecular weight is 296 g/mol. The minimum absolute atomic E-state index is 0.0640. The van der Waals surface area contributed by atoms with Crippen LogP contribution in [0.4, 0.5) is 5.69 Å². The van der Waals surface area contributed by atoms with Crippen LogP contribution >= 0.6 is 11.6 Å². The molecular weight excluding hydrogens is 282 g/mol. The molecule has 0 spiro atoms. The van der Waals surface area contributed by atoms with Gasteiger partial charge in [0.1, 0.15) is 6.10 Å². The number of nitrogens with two attached hydrogens (primary N) is 1. The molecule has 106 valence electrons. The fraction of sp³-hybridized carbons (Fsp3) is 0.417. The fourth-order valence-corrected chi connectivity index (χ4v) is 2.27. The number of nitrogens with zero attached hydrogens (tertiary/aromatic N) is 4. The molecule has 1 atom stereocenters. The highest BCUT2D eigenvalue weighted by Crippen LogP contribution is 2.28. The first kappa shape index (κ1) is 13.3. The molecule has 1 aliphatic heterocycles. The van der Waals surface area contributed by atoms with E-state index in [1.54, 1.807) is 22.9 Å². The fourth-order valence-electron chi connectivity index (χ4n) is 2.07. The molecule has 0 aliphatic carbocycles. The van der Waals surface area contributed by atoms with Crippen LogP contribution in [-0.2, 0) is 16.0 Å². The summed E-state index contributed by atoms with van der Waals surface area (Å²) in [5.41, 5.74) is 7.10. The van der Waals surface area contributed by atoms with Gasteiger partial charge in [0.15, 0.2) is 5.82 Å². The molecule has 1 unspecified atom stereocenters. The van der Waals surface area contributed by atoms with Crippen LogP contribution in [0.2, 0.25) is 5.02 Å². The first-order chi connectivity index (χ1) is 9.74. The lowest BCUT2D eigenvalue weighted by atomic mass is 10.2. The topological polar surface area (TPSA) is 88.1 Å². The third-order valence-corrected chi connectivity index (χ3v) is 3.35. The molecule has 0 radical (unpaired) electrons. The molecule has 1 aliphatic rings. The monoisotopic (exact) mass is 295 g/mol. The summed E-state index contributed by atoms with van der Waals surface area (Å²) in [5.74, 6) is 0.566. The Labute approximate surface area is 120 Å². The van der Waals surface area contributed by atoms with Crippen molar-refractivity contribution < 1.29 is 9.47 Å². The molecule has 20 heavy (non-hydrogen) atoms. The zero-order valence-corrected chi connectivity index (χ0v) is 11.5. The number of anilines is 1. The minimum atomic E-state index is -0.0640. The maximum Gasteiger partial charge on any atom is 0.183 e. The van der Waals surface area contributed by atoms with E-state index >= 15 is 0 Å². The standard InChI is InChI=1S/C12H14ClN5O2/c13-11-2-1-8(14)5-10(11)12-15-16-17-18(12)6-9-7-19-3-4-20-9/h1-2,5,9H,3-4,6-7,14H2. The highest BCUT2D eigenvalue weighted by Gasteiger charge is 2.19. The van der Waals surface area contributed by atoms with Gasteiger partial charge in [-0.15, -0.1) is 5.10 Å². The molecule has 0 amide bonds. The summed E-state index contributed by atoms with van der Waals surface area (Å²) in [5, 5.41) is 12.3. The first-order valence-electron chi connectivity index (χ1n) is 6.25. The van der Waals surface area contributed by atoms with E-state index < -0.39 is 0 Å². The minimum Gasteiger partial charge on any atom is -0.399 e. The normalized spacial score (nSPS) is 19.1. The Morgan fingerprint density at radius 2 is 2.30 bits per heavy atom. The largest absolute Gasteiger partial charge is 0.399 e. The van der Waals surface area contributed by atoms with Crippen LogP contribution in [0.3, 0.4) is 0 Å². The van der Waals surface area contributed by atoms with Crippen molar-refractivity contribution in [3.63, 3.8) is 0 Å². The van der Waals surface area contributed by atoms with E-state index in [1.807, 2.05) is 0 Å². The maximum absolute atomic E-state index is 6.18. The second kappa shape index (κ2) is 5.74. The van der Waals surface area contributed by atoms with Crippen LogP contribution in [0, 0.1) is 0 Å². The van der Waals surface area contributed by atoms with Gasteiger partial charge in [-0.3, -0.25) is 0 Å². The van der Waals surface area contributed by atoms with Gasteiger partial charge in [-0.1, -0.05) is 11.6 Å². The molecule has 1 saturated heterocycles. The summed E-state index contributed by atoms with van der Waals surface area (Å²) in [6, 6.07) is 5.21. The first-order valence-corrected chi connectivity index (χ1v) is 6.63. The second-order valence-corrected chi connectivity index (χ2v) is 4.90. The van der Waals surface area contributed by atoms with Crippen LogP contribution in [0.5, 0.6) is 0 Å². The third kappa shape index (κ3) is 2.74. The van der Waals surface area contributed by atoms with Gasteiger partial charge in [-0.25, -0.2) is 4.68 Å². The van der Waals surface area contributed by atoms with E-state index in [-0.39, 0.29) is 6.10 Å². The highest BCUT2D eigenvalue weighted by atomic mass is 35.5. The summed E-state index contributed by atoms with van der Waals surface area (Å²) in [6.45, 7) is 2.25.